The fourth-order valence-electron chi connectivity index (χ4n) is 3.48. The predicted octanol–water partition coefficient (Wildman–Crippen LogP) is 5.94. The number of pyridine rings is 1. The molecule has 1 N–H and O–H groups in total. The number of aromatic nitrogens is 1. The van der Waals surface area contributed by atoms with Crippen molar-refractivity contribution in [3.63, 3.8) is 0 Å². The SMILES string of the molecule is COc1ccc(/C=N\NC(=O)c2cc(C)nc3ccc(Br)cc23)cc1COc1ccc(F)cc1F. The smallest absolute Gasteiger partial charge is 0.272 e. The van der Waals surface area contributed by atoms with Crippen LogP contribution in [-0.4, -0.2) is 24.2 Å². The van der Waals surface area contributed by atoms with Crippen molar-refractivity contribution in [1.29, 1.82) is 0 Å². The lowest BCUT2D eigenvalue weighted by Crippen LogP contribution is -2.18. The molecule has 1 aromatic heterocycles. The maximum atomic E-state index is 13.9. The number of benzene rings is 3. The van der Waals surface area contributed by atoms with Crippen molar-refractivity contribution < 1.29 is 23.0 Å². The number of hydrogen-bond acceptors (Lipinski definition) is 5. The third kappa shape index (κ3) is 5.81. The molecule has 4 rings (SSSR count). The van der Waals surface area contributed by atoms with Crippen LogP contribution in [0.1, 0.15) is 27.2 Å². The lowest BCUT2D eigenvalue weighted by molar-refractivity contribution is 0.0956. The minimum absolute atomic E-state index is 0.0169. The molecule has 1 amide bonds. The van der Waals surface area contributed by atoms with Gasteiger partial charge in [0, 0.05) is 27.2 Å². The monoisotopic (exact) mass is 539 g/mol. The van der Waals surface area contributed by atoms with Gasteiger partial charge in [-0.2, -0.15) is 5.10 Å². The minimum Gasteiger partial charge on any atom is -0.496 e. The summed E-state index contributed by atoms with van der Waals surface area (Å²) in [4.78, 5) is 17.3. The second kappa shape index (κ2) is 10.6. The number of nitrogens with zero attached hydrogens (tertiary/aromatic N) is 2. The van der Waals surface area contributed by atoms with Gasteiger partial charge >= 0.3 is 0 Å². The minimum atomic E-state index is -0.796. The Bertz CT molecular complexity index is 1440. The number of rotatable bonds is 7. The second-order valence-electron chi connectivity index (χ2n) is 7.61. The van der Waals surface area contributed by atoms with E-state index in [1.807, 2.05) is 25.1 Å². The standard InChI is InChI=1S/C26H20BrF2N3O3/c1-15-9-21(20-11-18(27)4-6-23(20)31-15)26(33)32-30-13-16-3-7-24(34-2)17(10-16)14-35-25-8-5-19(28)12-22(25)29/h3-13H,14H2,1-2H3,(H,32,33)/b30-13-. The number of halogens is 3. The van der Waals surface area contributed by atoms with Gasteiger partial charge in [-0.25, -0.2) is 14.2 Å². The summed E-state index contributed by atoms with van der Waals surface area (Å²) in [5, 5.41) is 4.78. The van der Waals surface area contributed by atoms with E-state index in [0.29, 0.717) is 39.0 Å². The van der Waals surface area contributed by atoms with Crippen LogP contribution in [0.15, 0.2) is 70.2 Å². The molecule has 0 aliphatic heterocycles. The van der Waals surface area contributed by atoms with Crippen LogP contribution in [0.4, 0.5) is 8.78 Å². The van der Waals surface area contributed by atoms with E-state index >= 15 is 0 Å². The van der Waals surface area contributed by atoms with E-state index in [9.17, 15) is 13.6 Å². The zero-order valence-electron chi connectivity index (χ0n) is 18.8. The maximum Gasteiger partial charge on any atom is 0.272 e. The summed E-state index contributed by atoms with van der Waals surface area (Å²) in [6.07, 6.45) is 1.48. The van der Waals surface area contributed by atoms with Crippen molar-refractivity contribution in [2.45, 2.75) is 13.5 Å². The summed E-state index contributed by atoms with van der Waals surface area (Å²) in [5.41, 5.74) is 5.69. The first-order valence-corrected chi connectivity index (χ1v) is 11.3. The molecule has 178 valence electrons. The van der Waals surface area contributed by atoms with Crippen LogP contribution < -0.4 is 14.9 Å². The van der Waals surface area contributed by atoms with E-state index in [4.69, 9.17) is 9.47 Å². The highest BCUT2D eigenvalue weighted by Gasteiger charge is 2.12. The first-order chi connectivity index (χ1) is 16.8. The molecule has 9 heteroatoms. The Kier molecular flexibility index (Phi) is 7.36. The number of ether oxygens (including phenoxy) is 2. The van der Waals surface area contributed by atoms with Crippen LogP contribution in [0.5, 0.6) is 11.5 Å². The number of fused-ring (bicyclic) bond motifs is 1. The molecule has 0 atom stereocenters. The van der Waals surface area contributed by atoms with Gasteiger partial charge in [0.2, 0.25) is 0 Å². The Hall–Kier alpha value is -3.85. The first-order valence-electron chi connectivity index (χ1n) is 10.5. The summed E-state index contributed by atoms with van der Waals surface area (Å²) < 4.78 is 38.7. The van der Waals surface area contributed by atoms with Gasteiger partial charge in [-0.15, -0.1) is 0 Å². The van der Waals surface area contributed by atoms with Crippen LogP contribution in [0, 0.1) is 18.6 Å². The van der Waals surface area contributed by atoms with Gasteiger partial charge in [0.1, 0.15) is 18.2 Å². The van der Waals surface area contributed by atoms with Crippen molar-refractivity contribution in [1.82, 2.24) is 10.4 Å². The molecule has 0 fully saturated rings. The second-order valence-corrected chi connectivity index (χ2v) is 8.52. The van der Waals surface area contributed by atoms with Gasteiger partial charge in [0.25, 0.3) is 5.91 Å². The number of amides is 1. The number of carbonyl (C=O) groups is 1. The molecule has 0 saturated heterocycles. The third-order valence-electron chi connectivity index (χ3n) is 5.10. The highest BCUT2D eigenvalue weighted by molar-refractivity contribution is 9.10. The predicted molar refractivity (Wildman–Crippen MR) is 133 cm³/mol. The molecule has 0 saturated carbocycles. The van der Waals surface area contributed by atoms with Crippen LogP contribution in [0.25, 0.3) is 10.9 Å². The molecule has 0 aliphatic rings. The van der Waals surface area contributed by atoms with Crippen molar-refractivity contribution >= 4 is 39.0 Å². The van der Waals surface area contributed by atoms with Gasteiger partial charge in [-0.05, 0) is 67.1 Å². The van der Waals surface area contributed by atoms with Gasteiger partial charge in [0.15, 0.2) is 11.6 Å². The van der Waals surface area contributed by atoms with E-state index in [1.54, 1.807) is 24.3 Å². The zero-order valence-corrected chi connectivity index (χ0v) is 20.4. The average molecular weight is 540 g/mol. The summed E-state index contributed by atoms with van der Waals surface area (Å²) in [6, 6.07) is 15.5. The van der Waals surface area contributed by atoms with Crippen molar-refractivity contribution in [3.8, 4) is 11.5 Å². The molecule has 6 nitrogen and oxygen atoms in total. The lowest BCUT2D eigenvalue weighted by Gasteiger charge is -2.12. The van der Waals surface area contributed by atoms with E-state index < -0.39 is 11.6 Å². The molecule has 0 unspecified atom stereocenters. The lowest BCUT2D eigenvalue weighted by atomic mass is 10.1. The van der Waals surface area contributed by atoms with Gasteiger partial charge in [0.05, 0.1) is 24.4 Å². The van der Waals surface area contributed by atoms with Crippen LogP contribution in [-0.2, 0) is 6.61 Å². The molecule has 0 radical (unpaired) electrons. The highest BCUT2D eigenvalue weighted by atomic mass is 79.9. The summed E-state index contributed by atoms with van der Waals surface area (Å²) >= 11 is 3.42. The summed E-state index contributed by atoms with van der Waals surface area (Å²) in [6.45, 7) is 1.80. The molecule has 4 aromatic rings. The topological polar surface area (TPSA) is 72.8 Å². The molecular formula is C26H20BrF2N3O3. The molecule has 0 aliphatic carbocycles. The molecule has 0 spiro atoms. The van der Waals surface area contributed by atoms with E-state index in [0.717, 1.165) is 16.6 Å². The van der Waals surface area contributed by atoms with E-state index in [1.165, 1.54) is 19.4 Å². The van der Waals surface area contributed by atoms with E-state index in [2.05, 4.69) is 31.4 Å². The van der Waals surface area contributed by atoms with Crippen molar-refractivity contribution in [2.75, 3.05) is 7.11 Å². The first kappa shape index (κ1) is 24.3. The summed E-state index contributed by atoms with van der Waals surface area (Å²) in [5.74, 6) is -1.41. The Balaban J connectivity index is 1.50. The fourth-order valence-corrected chi connectivity index (χ4v) is 3.84. The molecule has 1 heterocycles. The number of hydrazone groups is 1. The fraction of sp³-hybridized carbons (Fsp3) is 0.115. The average Bonchev–Trinajstić information content (AvgIpc) is 2.83. The number of methoxy groups -OCH3 is 1. The number of hydrogen-bond donors (Lipinski definition) is 1. The Morgan fingerprint density at radius 1 is 1.09 bits per heavy atom. The van der Waals surface area contributed by atoms with Crippen molar-refractivity contribution in [2.24, 2.45) is 5.10 Å². The van der Waals surface area contributed by atoms with Crippen molar-refractivity contribution in [3.05, 3.63) is 99.2 Å². The molecule has 3 aromatic carbocycles. The van der Waals surface area contributed by atoms with Crippen LogP contribution in [0.3, 0.4) is 0 Å². The van der Waals surface area contributed by atoms with Gasteiger partial charge in [-0.1, -0.05) is 15.9 Å². The molecular weight excluding hydrogens is 520 g/mol. The van der Waals surface area contributed by atoms with Gasteiger partial charge < -0.3 is 9.47 Å². The number of aryl methyl sites for hydroxylation is 1. The Morgan fingerprint density at radius 2 is 1.89 bits per heavy atom. The quantitative estimate of drug-likeness (QED) is 0.233. The molecule has 35 heavy (non-hydrogen) atoms. The Morgan fingerprint density at radius 3 is 2.66 bits per heavy atom. The normalized spacial score (nSPS) is 11.1. The number of carbonyl (C=O) groups excluding carboxylic acids is 1. The summed E-state index contributed by atoms with van der Waals surface area (Å²) in [7, 11) is 1.50. The van der Waals surface area contributed by atoms with Gasteiger partial charge in [-0.3, -0.25) is 9.78 Å². The largest absolute Gasteiger partial charge is 0.496 e. The Labute approximate surface area is 208 Å². The highest BCUT2D eigenvalue weighted by Crippen LogP contribution is 2.25. The van der Waals surface area contributed by atoms with Crippen LogP contribution in [0.2, 0.25) is 0 Å². The number of nitrogens with one attached hydrogen (secondary N) is 1. The van der Waals surface area contributed by atoms with Crippen LogP contribution >= 0.6 is 15.9 Å². The maximum absolute atomic E-state index is 13.9. The third-order valence-corrected chi connectivity index (χ3v) is 5.60. The van der Waals surface area contributed by atoms with E-state index in [-0.39, 0.29) is 18.3 Å². The zero-order chi connectivity index (χ0) is 24.9. The molecule has 0 bridgehead atoms.